The first kappa shape index (κ1) is 15.2. The molecule has 1 heterocycles. The van der Waals surface area contributed by atoms with Crippen molar-refractivity contribution < 1.29 is 4.92 Å². The number of hydrogen-bond donors (Lipinski definition) is 1. The van der Waals surface area contributed by atoms with Gasteiger partial charge >= 0.3 is 0 Å². The summed E-state index contributed by atoms with van der Waals surface area (Å²) < 4.78 is 1.68. The third-order valence-corrected chi connectivity index (χ3v) is 3.16. The first-order valence-corrected chi connectivity index (χ1v) is 6.82. The van der Waals surface area contributed by atoms with E-state index in [9.17, 15) is 10.1 Å². The monoisotopic (exact) mass is 288 g/mol. The summed E-state index contributed by atoms with van der Waals surface area (Å²) in [7, 11) is 0. The smallest absolute Gasteiger partial charge is 0.274 e. The minimum Gasteiger partial charge on any atom is -0.306 e. The Morgan fingerprint density at radius 2 is 2.05 bits per heavy atom. The Labute approximate surface area is 123 Å². The molecule has 0 radical (unpaired) electrons. The Bertz CT molecular complexity index is 656. The second kappa shape index (κ2) is 5.65. The Kier molecular flexibility index (Phi) is 4.09. The Morgan fingerprint density at radius 3 is 2.67 bits per heavy atom. The average molecular weight is 288 g/mol. The van der Waals surface area contributed by atoms with Gasteiger partial charge in [0.15, 0.2) is 0 Å². The molecule has 0 aliphatic heterocycles. The van der Waals surface area contributed by atoms with Crippen LogP contribution in [0.15, 0.2) is 30.5 Å². The minimum absolute atomic E-state index is 0.0191. The van der Waals surface area contributed by atoms with Gasteiger partial charge in [0.1, 0.15) is 0 Å². The normalized spacial score (nSPS) is 11.6. The van der Waals surface area contributed by atoms with Crippen molar-refractivity contribution in [3.8, 4) is 5.69 Å². The van der Waals surface area contributed by atoms with Gasteiger partial charge in [-0.3, -0.25) is 10.1 Å². The van der Waals surface area contributed by atoms with Gasteiger partial charge in [0.25, 0.3) is 5.69 Å². The van der Waals surface area contributed by atoms with E-state index < -0.39 is 0 Å². The molecule has 6 nitrogen and oxygen atoms in total. The maximum absolute atomic E-state index is 11.0. The quantitative estimate of drug-likeness (QED) is 0.693. The summed E-state index contributed by atoms with van der Waals surface area (Å²) in [5, 5.41) is 18.8. The van der Waals surface area contributed by atoms with Crippen LogP contribution in [0.1, 0.15) is 32.0 Å². The third kappa shape index (κ3) is 3.66. The largest absolute Gasteiger partial charge is 0.306 e. The van der Waals surface area contributed by atoms with Crippen LogP contribution >= 0.6 is 0 Å². The molecule has 1 aromatic heterocycles. The number of nitro groups is 1. The van der Waals surface area contributed by atoms with Crippen LogP contribution in [0.5, 0.6) is 0 Å². The van der Waals surface area contributed by atoms with E-state index in [4.69, 9.17) is 0 Å². The van der Waals surface area contributed by atoms with Gasteiger partial charge in [-0.25, -0.2) is 4.68 Å². The van der Waals surface area contributed by atoms with Gasteiger partial charge in [0, 0.05) is 24.3 Å². The first-order valence-electron chi connectivity index (χ1n) is 6.82. The van der Waals surface area contributed by atoms with E-state index in [0.29, 0.717) is 12.1 Å². The van der Waals surface area contributed by atoms with Gasteiger partial charge in [-0.15, -0.1) is 0 Å². The Balaban J connectivity index is 2.26. The topological polar surface area (TPSA) is 73.0 Å². The molecule has 0 aliphatic carbocycles. The summed E-state index contributed by atoms with van der Waals surface area (Å²) >= 11 is 0. The lowest BCUT2D eigenvalue weighted by Crippen LogP contribution is -2.35. The fraction of sp³-hybridized carbons (Fsp3) is 0.400. The molecule has 0 saturated carbocycles. The minimum atomic E-state index is -0.371. The van der Waals surface area contributed by atoms with Crippen LogP contribution in [0.4, 0.5) is 5.69 Å². The predicted octanol–water partition coefficient (Wildman–Crippen LogP) is 2.98. The number of nitro benzene ring substituents is 1. The summed E-state index contributed by atoms with van der Waals surface area (Å²) in [5.74, 6) is 0. The lowest BCUT2D eigenvalue weighted by molar-refractivity contribution is -0.385. The number of rotatable bonds is 4. The highest BCUT2D eigenvalue weighted by molar-refractivity contribution is 5.52. The van der Waals surface area contributed by atoms with Crippen LogP contribution in [-0.2, 0) is 6.54 Å². The van der Waals surface area contributed by atoms with Crippen molar-refractivity contribution in [1.29, 1.82) is 0 Å². The van der Waals surface area contributed by atoms with Gasteiger partial charge in [-0.05, 0) is 39.8 Å². The molecule has 0 fully saturated rings. The molecule has 0 spiro atoms. The molecule has 2 aromatic rings. The van der Waals surface area contributed by atoms with E-state index in [1.165, 1.54) is 6.07 Å². The predicted molar refractivity (Wildman–Crippen MR) is 81.5 cm³/mol. The molecule has 1 N–H and O–H groups in total. The molecule has 0 bridgehead atoms. The lowest BCUT2D eigenvalue weighted by Gasteiger charge is -2.19. The molecule has 6 heteroatoms. The summed E-state index contributed by atoms with van der Waals surface area (Å²) in [6.07, 6.45) is 1.83. The zero-order valence-corrected chi connectivity index (χ0v) is 12.8. The Morgan fingerprint density at radius 1 is 1.33 bits per heavy atom. The van der Waals surface area contributed by atoms with E-state index in [1.54, 1.807) is 17.7 Å². The van der Waals surface area contributed by atoms with Gasteiger partial charge in [-0.2, -0.15) is 5.10 Å². The van der Waals surface area contributed by atoms with E-state index in [2.05, 4.69) is 31.2 Å². The molecule has 0 atom stereocenters. The molecule has 0 amide bonds. The van der Waals surface area contributed by atoms with Crippen molar-refractivity contribution in [2.24, 2.45) is 0 Å². The number of nitrogens with zero attached hydrogens (tertiary/aromatic N) is 3. The van der Waals surface area contributed by atoms with Crippen LogP contribution in [0.25, 0.3) is 5.69 Å². The molecule has 1 aromatic carbocycles. The zero-order chi connectivity index (χ0) is 15.6. The van der Waals surface area contributed by atoms with Crippen LogP contribution in [-0.4, -0.2) is 20.2 Å². The molecular weight excluding hydrogens is 268 g/mol. The molecule has 0 unspecified atom stereocenters. The highest BCUT2D eigenvalue weighted by Crippen LogP contribution is 2.23. The third-order valence-electron chi connectivity index (χ3n) is 3.16. The standard InChI is InChI=1S/C15H20N4O2/c1-11-13(6-5-7-14(11)19(20)21)18-9-8-12(17-18)10-16-15(2,3)4/h5-9,16H,10H2,1-4H3. The second-order valence-electron chi connectivity index (χ2n) is 6.03. The van der Waals surface area contributed by atoms with Crippen molar-refractivity contribution in [2.75, 3.05) is 0 Å². The van der Waals surface area contributed by atoms with Crippen molar-refractivity contribution in [1.82, 2.24) is 15.1 Å². The number of benzene rings is 1. The molecule has 2 rings (SSSR count). The lowest BCUT2D eigenvalue weighted by atomic mass is 10.1. The Hall–Kier alpha value is -2.21. The van der Waals surface area contributed by atoms with Crippen LogP contribution < -0.4 is 5.32 Å². The van der Waals surface area contributed by atoms with Crippen molar-refractivity contribution in [3.63, 3.8) is 0 Å². The van der Waals surface area contributed by atoms with Crippen molar-refractivity contribution in [3.05, 3.63) is 51.8 Å². The molecule has 0 aliphatic rings. The van der Waals surface area contributed by atoms with Crippen LogP contribution in [0, 0.1) is 17.0 Å². The van der Waals surface area contributed by atoms with Gasteiger partial charge < -0.3 is 5.32 Å². The molecule has 0 saturated heterocycles. The maximum atomic E-state index is 11.0. The van der Waals surface area contributed by atoms with Gasteiger partial charge in [0.2, 0.25) is 0 Å². The van der Waals surface area contributed by atoms with Gasteiger partial charge in [0.05, 0.1) is 21.9 Å². The zero-order valence-electron chi connectivity index (χ0n) is 12.8. The van der Waals surface area contributed by atoms with Crippen LogP contribution in [0.3, 0.4) is 0 Å². The summed E-state index contributed by atoms with van der Waals surface area (Å²) in [6.45, 7) is 8.67. The SMILES string of the molecule is Cc1c(-n2ccc(CNC(C)(C)C)n2)cccc1[N+](=O)[O-]. The van der Waals surface area contributed by atoms with Crippen molar-refractivity contribution in [2.45, 2.75) is 39.8 Å². The summed E-state index contributed by atoms with van der Waals surface area (Å²) in [5.41, 5.74) is 2.37. The average Bonchev–Trinajstić information content (AvgIpc) is 2.84. The van der Waals surface area contributed by atoms with Crippen LogP contribution in [0.2, 0.25) is 0 Å². The van der Waals surface area contributed by atoms with Gasteiger partial charge in [-0.1, -0.05) is 6.07 Å². The molecule has 112 valence electrons. The number of hydrogen-bond acceptors (Lipinski definition) is 4. The summed E-state index contributed by atoms with van der Waals surface area (Å²) in [4.78, 5) is 10.6. The summed E-state index contributed by atoms with van der Waals surface area (Å²) in [6, 6.07) is 6.92. The van der Waals surface area contributed by atoms with E-state index >= 15 is 0 Å². The number of nitrogens with one attached hydrogen (secondary N) is 1. The fourth-order valence-electron chi connectivity index (χ4n) is 2.00. The number of aromatic nitrogens is 2. The van der Waals surface area contributed by atoms with E-state index in [-0.39, 0.29) is 16.1 Å². The molecular formula is C15H20N4O2. The van der Waals surface area contributed by atoms with E-state index in [0.717, 1.165) is 11.4 Å². The second-order valence-corrected chi connectivity index (χ2v) is 6.03. The van der Waals surface area contributed by atoms with Crippen molar-refractivity contribution >= 4 is 5.69 Å². The maximum Gasteiger partial charge on any atom is 0.274 e. The first-order chi connectivity index (χ1) is 9.78. The molecule has 21 heavy (non-hydrogen) atoms. The highest BCUT2D eigenvalue weighted by Gasteiger charge is 2.15. The fourth-order valence-corrected chi connectivity index (χ4v) is 2.00. The van der Waals surface area contributed by atoms with E-state index in [1.807, 2.05) is 18.3 Å². The highest BCUT2D eigenvalue weighted by atomic mass is 16.6.